The standard InChI is InChI=1S/C18H19N3OS/c1-11-9-12(2)20-18(19-11)23-10-17(22)21-14(4)13(3)15-7-5-6-8-16(15)21/h5-9H,10H2,1-4H3. The molecule has 0 saturated carbocycles. The van der Waals surface area contributed by atoms with Crippen LogP contribution in [-0.4, -0.2) is 26.2 Å². The van der Waals surface area contributed by atoms with Crippen LogP contribution in [0.3, 0.4) is 0 Å². The van der Waals surface area contributed by atoms with Crippen LogP contribution in [-0.2, 0) is 0 Å². The SMILES string of the molecule is Cc1cc(C)nc(SCC(=O)n2c(C)c(C)c3ccccc32)n1. The van der Waals surface area contributed by atoms with E-state index in [9.17, 15) is 4.79 Å². The molecule has 0 bridgehead atoms. The highest BCUT2D eigenvalue weighted by Gasteiger charge is 2.16. The number of benzene rings is 1. The molecule has 23 heavy (non-hydrogen) atoms. The topological polar surface area (TPSA) is 47.8 Å². The van der Waals surface area contributed by atoms with Crippen molar-refractivity contribution in [1.82, 2.24) is 14.5 Å². The number of hydrogen-bond donors (Lipinski definition) is 0. The van der Waals surface area contributed by atoms with E-state index in [1.165, 1.54) is 11.8 Å². The van der Waals surface area contributed by atoms with E-state index >= 15 is 0 Å². The summed E-state index contributed by atoms with van der Waals surface area (Å²) in [5.41, 5.74) is 4.96. The molecule has 0 spiro atoms. The Hall–Kier alpha value is -2.14. The third-order valence-corrected chi connectivity index (χ3v) is 4.80. The number of nitrogens with zero attached hydrogens (tertiary/aromatic N) is 3. The molecule has 0 radical (unpaired) electrons. The molecule has 0 aliphatic carbocycles. The van der Waals surface area contributed by atoms with Gasteiger partial charge < -0.3 is 0 Å². The summed E-state index contributed by atoms with van der Waals surface area (Å²) >= 11 is 1.39. The molecule has 0 saturated heterocycles. The van der Waals surface area contributed by atoms with E-state index in [1.807, 2.05) is 45.0 Å². The maximum Gasteiger partial charge on any atom is 0.241 e. The number of hydrogen-bond acceptors (Lipinski definition) is 4. The first kappa shape index (κ1) is 15.7. The van der Waals surface area contributed by atoms with Crippen LogP contribution in [0, 0.1) is 27.7 Å². The highest BCUT2D eigenvalue weighted by molar-refractivity contribution is 7.99. The van der Waals surface area contributed by atoms with Gasteiger partial charge in [0, 0.05) is 22.5 Å². The highest BCUT2D eigenvalue weighted by Crippen LogP contribution is 2.25. The van der Waals surface area contributed by atoms with E-state index in [4.69, 9.17) is 0 Å². The molecule has 4 nitrogen and oxygen atoms in total. The summed E-state index contributed by atoms with van der Waals surface area (Å²) < 4.78 is 1.81. The van der Waals surface area contributed by atoms with Crippen LogP contribution in [0.2, 0.25) is 0 Å². The van der Waals surface area contributed by atoms with Gasteiger partial charge >= 0.3 is 0 Å². The van der Waals surface area contributed by atoms with E-state index in [-0.39, 0.29) is 5.91 Å². The molecule has 5 heteroatoms. The zero-order valence-electron chi connectivity index (χ0n) is 13.8. The average Bonchev–Trinajstić information content (AvgIpc) is 2.76. The second-order valence-corrected chi connectivity index (χ2v) is 6.62. The lowest BCUT2D eigenvalue weighted by atomic mass is 10.2. The van der Waals surface area contributed by atoms with E-state index in [2.05, 4.69) is 23.0 Å². The Morgan fingerprint density at radius 2 is 1.74 bits per heavy atom. The smallest absolute Gasteiger partial charge is 0.241 e. The molecule has 3 rings (SSSR count). The summed E-state index contributed by atoms with van der Waals surface area (Å²) in [5.74, 6) is 0.376. The third kappa shape index (κ3) is 3.01. The number of thioether (sulfide) groups is 1. The molecule has 2 aromatic heterocycles. The van der Waals surface area contributed by atoms with E-state index < -0.39 is 0 Å². The van der Waals surface area contributed by atoms with Crippen LogP contribution in [0.4, 0.5) is 0 Å². The predicted octanol–water partition coefficient (Wildman–Crippen LogP) is 4.10. The number of aromatic nitrogens is 3. The van der Waals surface area contributed by atoms with Gasteiger partial charge in [-0.2, -0.15) is 0 Å². The van der Waals surface area contributed by atoms with Crippen molar-refractivity contribution in [1.29, 1.82) is 0 Å². The molecule has 3 aromatic rings. The summed E-state index contributed by atoms with van der Waals surface area (Å²) in [5, 5.41) is 1.78. The Balaban J connectivity index is 1.88. The number of rotatable bonds is 3. The van der Waals surface area contributed by atoms with Crippen molar-refractivity contribution in [2.45, 2.75) is 32.9 Å². The van der Waals surface area contributed by atoms with Crippen molar-refractivity contribution in [2.75, 3.05) is 5.75 Å². The Bertz CT molecular complexity index is 878. The van der Waals surface area contributed by atoms with Gasteiger partial charge in [-0.25, -0.2) is 9.97 Å². The molecule has 0 aliphatic heterocycles. The van der Waals surface area contributed by atoms with E-state index in [1.54, 1.807) is 4.57 Å². The number of carbonyl (C=O) groups excluding carboxylic acids is 1. The Kier molecular flexibility index (Phi) is 4.22. The van der Waals surface area contributed by atoms with Gasteiger partial charge in [-0.1, -0.05) is 30.0 Å². The van der Waals surface area contributed by atoms with Crippen molar-refractivity contribution in [3.63, 3.8) is 0 Å². The van der Waals surface area contributed by atoms with Gasteiger partial charge in [0.1, 0.15) is 0 Å². The van der Waals surface area contributed by atoms with Crippen molar-refractivity contribution in [3.8, 4) is 0 Å². The minimum Gasteiger partial charge on any atom is -0.284 e. The maximum absolute atomic E-state index is 12.7. The summed E-state index contributed by atoms with van der Waals surface area (Å²) in [6.45, 7) is 7.92. The number of carbonyl (C=O) groups is 1. The first-order chi connectivity index (χ1) is 11.0. The molecule has 0 aliphatic rings. The van der Waals surface area contributed by atoms with Crippen LogP contribution in [0.1, 0.15) is 27.4 Å². The summed E-state index contributed by atoms with van der Waals surface area (Å²) in [4.78, 5) is 21.5. The summed E-state index contributed by atoms with van der Waals surface area (Å²) in [6, 6.07) is 9.94. The minimum absolute atomic E-state index is 0.0551. The Morgan fingerprint density at radius 1 is 1.09 bits per heavy atom. The molecule has 118 valence electrons. The summed E-state index contributed by atoms with van der Waals surface area (Å²) in [6.07, 6.45) is 0. The second-order valence-electron chi connectivity index (χ2n) is 5.68. The fourth-order valence-corrected chi connectivity index (χ4v) is 3.60. The Labute approximate surface area is 140 Å². The van der Waals surface area contributed by atoms with E-state index in [0.717, 1.165) is 33.5 Å². The maximum atomic E-state index is 12.7. The molecule has 0 atom stereocenters. The monoisotopic (exact) mass is 325 g/mol. The van der Waals surface area contributed by atoms with Crippen LogP contribution in [0.5, 0.6) is 0 Å². The van der Waals surface area contributed by atoms with Crippen molar-refractivity contribution < 1.29 is 4.79 Å². The van der Waals surface area contributed by atoms with E-state index in [0.29, 0.717) is 10.9 Å². The van der Waals surface area contributed by atoms with Crippen LogP contribution in [0.15, 0.2) is 35.5 Å². The zero-order valence-corrected chi connectivity index (χ0v) is 14.6. The fourth-order valence-electron chi connectivity index (χ4n) is 2.80. The lowest BCUT2D eigenvalue weighted by molar-refractivity contribution is 0.0945. The van der Waals surface area contributed by atoms with Crippen LogP contribution >= 0.6 is 11.8 Å². The lowest BCUT2D eigenvalue weighted by Gasteiger charge is -2.07. The average molecular weight is 325 g/mol. The quantitative estimate of drug-likeness (QED) is 0.537. The molecule has 0 fully saturated rings. The number of para-hydroxylation sites is 1. The first-order valence-corrected chi connectivity index (χ1v) is 8.51. The lowest BCUT2D eigenvalue weighted by Crippen LogP contribution is -2.15. The van der Waals surface area contributed by atoms with Gasteiger partial charge in [0.15, 0.2) is 5.16 Å². The first-order valence-electron chi connectivity index (χ1n) is 7.52. The number of aryl methyl sites for hydroxylation is 3. The molecule has 0 unspecified atom stereocenters. The van der Waals surface area contributed by atoms with Gasteiger partial charge in [-0.05, 0) is 45.4 Å². The second kappa shape index (κ2) is 6.16. The van der Waals surface area contributed by atoms with Crippen molar-refractivity contribution >= 4 is 28.6 Å². The molecule has 1 aromatic carbocycles. The molecule has 0 N–H and O–H groups in total. The normalized spacial score (nSPS) is 11.1. The zero-order chi connectivity index (χ0) is 16.6. The molecular weight excluding hydrogens is 306 g/mol. The van der Waals surface area contributed by atoms with Gasteiger partial charge in [0.2, 0.25) is 5.91 Å². The van der Waals surface area contributed by atoms with Crippen molar-refractivity contribution in [2.24, 2.45) is 0 Å². The summed E-state index contributed by atoms with van der Waals surface area (Å²) in [7, 11) is 0. The molecule has 0 amide bonds. The molecule has 2 heterocycles. The highest BCUT2D eigenvalue weighted by atomic mass is 32.2. The minimum atomic E-state index is 0.0551. The van der Waals surface area contributed by atoms with Crippen LogP contribution < -0.4 is 0 Å². The fraction of sp³-hybridized carbons (Fsp3) is 0.278. The van der Waals surface area contributed by atoms with Crippen molar-refractivity contribution in [3.05, 3.63) is 53.0 Å². The Morgan fingerprint density at radius 3 is 2.43 bits per heavy atom. The van der Waals surface area contributed by atoms with Crippen LogP contribution in [0.25, 0.3) is 10.9 Å². The van der Waals surface area contributed by atoms with Gasteiger partial charge in [0.25, 0.3) is 0 Å². The largest absolute Gasteiger partial charge is 0.284 e. The van der Waals surface area contributed by atoms with Gasteiger partial charge in [0.05, 0.1) is 11.3 Å². The number of fused-ring (bicyclic) bond motifs is 1. The third-order valence-electron chi connectivity index (χ3n) is 3.96. The van der Waals surface area contributed by atoms with Gasteiger partial charge in [-0.3, -0.25) is 9.36 Å². The predicted molar refractivity (Wildman–Crippen MR) is 94.3 cm³/mol. The van der Waals surface area contributed by atoms with Gasteiger partial charge in [-0.15, -0.1) is 0 Å². The molecular formula is C18H19N3OS.